The SMILES string of the molecule is CNc1ccc(COc2ccc(C)cc2Cl)cn1. The monoisotopic (exact) mass is 262 g/mol. The molecule has 0 bridgehead atoms. The zero-order valence-electron chi connectivity index (χ0n) is 10.4. The molecule has 1 N–H and O–H groups in total. The maximum Gasteiger partial charge on any atom is 0.138 e. The number of nitrogens with one attached hydrogen (secondary N) is 1. The van der Waals surface area contributed by atoms with E-state index in [9.17, 15) is 0 Å². The number of nitrogens with zero attached hydrogens (tertiary/aromatic N) is 1. The third kappa shape index (κ3) is 3.14. The number of hydrogen-bond acceptors (Lipinski definition) is 3. The number of anilines is 1. The van der Waals surface area contributed by atoms with Crippen molar-refractivity contribution in [2.75, 3.05) is 12.4 Å². The van der Waals surface area contributed by atoms with Crippen LogP contribution >= 0.6 is 11.6 Å². The molecule has 94 valence electrons. The molecule has 0 aliphatic heterocycles. The molecule has 1 aromatic carbocycles. The molecule has 0 spiro atoms. The summed E-state index contributed by atoms with van der Waals surface area (Å²) in [5.41, 5.74) is 2.12. The lowest BCUT2D eigenvalue weighted by Gasteiger charge is -2.08. The van der Waals surface area contributed by atoms with Gasteiger partial charge < -0.3 is 10.1 Å². The van der Waals surface area contributed by atoms with E-state index in [-0.39, 0.29) is 0 Å². The van der Waals surface area contributed by atoms with Crippen LogP contribution in [0.4, 0.5) is 5.82 Å². The van der Waals surface area contributed by atoms with Gasteiger partial charge in [0.05, 0.1) is 5.02 Å². The van der Waals surface area contributed by atoms with E-state index >= 15 is 0 Å². The van der Waals surface area contributed by atoms with E-state index in [1.54, 1.807) is 6.20 Å². The van der Waals surface area contributed by atoms with Gasteiger partial charge in [0.25, 0.3) is 0 Å². The number of halogens is 1. The minimum atomic E-state index is 0.458. The third-order valence-electron chi connectivity index (χ3n) is 2.56. The van der Waals surface area contributed by atoms with Crippen molar-refractivity contribution in [3.05, 3.63) is 52.7 Å². The van der Waals surface area contributed by atoms with Crippen molar-refractivity contribution in [3.63, 3.8) is 0 Å². The fraction of sp³-hybridized carbons (Fsp3) is 0.214. The maximum atomic E-state index is 6.09. The van der Waals surface area contributed by atoms with E-state index in [0.717, 1.165) is 16.9 Å². The van der Waals surface area contributed by atoms with Crippen LogP contribution in [0.25, 0.3) is 0 Å². The minimum absolute atomic E-state index is 0.458. The van der Waals surface area contributed by atoms with Gasteiger partial charge in [-0.3, -0.25) is 0 Å². The average Bonchev–Trinajstić information content (AvgIpc) is 2.38. The Hall–Kier alpha value is -1.74. The quantitative estimate of drug-likeness (QED) is 0.913. The van der Waals surface area contributed by atoms with Crippen LogP contribution in [0.1, 0.15) is 11.1 Å². The highest BCUT2D eigenvalue weighted by Gasteiger charge is 2.02. The van der Waals surface area contributed by atoms with E-state index in [1.165, 1.54) is 0 Å². The molecule has 1 heterocycles. The Morgan fingerprint density at radius 1 is 1.28 bits per heavy atom. The fourth-order valence-electron chi connectivity index (χ4n) is 1.54. The Morgan fingerprint density at radius 2 is 2.11 bits per heavy atom. The fourth-order valence-corrected chi connectivity index (χ4v) is 1.83. The Morgan fingerprint density at radius 3 is 2.72 bits per heavy atom. The summed E-state index contributed by atoms with van der Waals surface area (Å²) < 4.78 is 5.66. The van der Waals surface area contributed by atoms with Gasteiger partial charge in [-0.1, -0.05) is 23.7 Å². The summed E-state index contributed by atoms with van der Waals surface area (Å²) in [4.78, 5) is 4.22. The number of ether oxygens (including phenoxy) is 1. The zero-order valence-corrected chi connectivity index (χ0v) is 11.2. The number of pyridine rings is 1. The molecule has 1 aromatic heterocycles. The molecule has 2 rings (SSSR count). The minimum Gasteiger partial charge on any atom is -0.487 e. The molecular weight excluding hydrogens is 248 g/mol. The first-order valence-corrected chi connectivity index (χ1v) is 6.08. The largest absolute Gasteiger partial charge is 0.487 e. The lowest BCUT2D eigenvalue weighted by atomic mass is 10.2. The first kappa shape index (κ1) is 12.7. The van der Waals surface area contributed by atoms with Gasteiger partial charge >= 0.3 is 0 Å². The van der Waals surface area contributed by atoms with Crippen LogP contribution in [0, 0.1) is 6.92 Å². The third-order valence-corrected chi connectivity index (χ3v) is 2.86. The Labute approximate surface area is 112 Å². The van der Waals surface area contributed by atoms with E-state index in [2.05, 4.69) is 10.3 Å². The highest BCUT2D eigenvalue weighted by Crippen LogP contribution is 2.25. The van der Waals surface area contributed by atoms with E-state index in [0.29, 0.717) is 17.4 Å². The molecule has 2 aromatic rings. The zero-order chi connectivity index (χ0) is 13.0. The van der Waals surface area contributed by atoms with Crippen LogP contribution < -0.4 is 10.1 Å². The Bertz CT molecular complexity index is 526. The highest BCUT2D eigenvalue weighted by atomic mass is 35.5. The lowest BCUT2D eigenvalue weighted by molar-refractivity contribution is 0.306. The van der Waals surface area contributed by atoms with Crippen molar-refractivity contribution in [2.45, 2.75) is 13.5 Å². The summed E-state index contributed by atoms with van der Waals surface area (Å²) in [5, 5.41) is 3.60. The topological polar surface area (TPSA) is 34.1 Å². The van der Waals surface area contributed by atoms with Gasteiger partial charge in [0.1, 0.15) is 18.2 Å². The summed E-state index contributed by atoms with van der Waals surface area (Å²) in [7, 11) is 1.84. The van der Waals surface area contributed by atoms with Crippen molar-refractivity contribution >= 4 is 17.4 Å². The van der Waals surface area contributed by atoms with Gasteiger partial charge in [-0.05, 0) is 30.7 Å². The summed E-state index contributed by atoms with van der Waals surface area (Å²) in [6, 6.07) is 9.63. The smallest absolute Gasteiger partial charge is 0.138 e. The number of benzene rings is 1. The normalized spacial score (nSPS) is 10.2. The van der Waals surface area contributed by atoms with Crippen LogP contribution in [0.3, 0.4) is 0 Å². The first-order chi connectivity index (χ1) is 8.69. The van der Waals surface area contributed by atoms with Crippen LogP contribution in [-0.2, 0) is 6.61 Å². The molecule has 0 unspecified atom stereocenters. The van der Waals surface area contributed by atoms with Crippen molar-refractivity contribution in [3.8, 4) is 5.75 Å². The van der Waals surface area contributed by atoms with Crippen LogP contribution in [0.15, 0.2) is 36.5 Å². The predicted molar refractivity (Wildman–Crippen MR) is 74.3 cm³/mol. The summed E-state index contributed by atoms with van der Waals surface area (Å²) in [6.45, 7) is 2.45. The summed E-state index contributed by atoms with van der Waals surface area (Å²) in [6.07, 6.45) is 1.79. The van der Waals surface area contributed by atoms with E-state index in [4.69, 9.17) is 16.3 Å². The van der Waals surface area contributed by atoms with Gasteiger partial charge in [0, 0.05) is 18.8 Å². The number of rotatable bonds is 4. The highest BCUT2D eigenvalue weighted by molar-refractivity contribution is 6.32. The van der Waals surface area contributed by atoms with Crippen molar-refractivity contribution in [1.29, 1.82) is 0 Å². The van der Waals surface area contributed by atoms with Crippen molar-refractivity contribution in [1.82, 2.24) is 4.98 Å². The second-order valence-corrected chi connectivity index (χ2v) is 4.43. The second-order valence-electron chi connectivity index (χ2n) is 4.02. The summed E-state index contributed by atoms with van der Waals surface area (Å²) in [5.74, 6) is 1.53. The molecule has 0 fully saturated rings. The van der Waals surface area contributed by atoms with Crippen molar-refractivity contribution in [2.24, 2.45) is 0 Å². The Balaban J connectivity index is 2.02. The van der Waals surface area contributed by atoms with Gasteiger partial charge in [0.2, 0.25) is 0 Å². The van der Waals surface area contributed by atoms with Crippen LogP contribution in [0.2, 0.25) is 5.02 Å². The molecule has 0 saturated heterocycles. The average molecular weight is 263 g/mol. The molecule has 4 heteroatoms. The molecular formula is C14H15ClN2O. The van der Waals surface area contributed by atoms with Gasteiger partial charge in [-0.15, -0.1) is 0 Å². The standard InChI is InChI=1S/C14H15ClN2O/c1-10-3-5-13(12(15)7-10)18-9-11-4-6-14(16-2)17-8-11/h3-8H,9H2,1-2H3,(H,16,17). The number of aryl methyl sites for hydroxylation is 1. The molecule has 0 radical (unpaired) electrons. The Kier molecular flexibility index (Phi) is 4.05. The number of aromatic nitrogens is 1. The van der Waals surface area contributed by atoms with Gasteiger partial charge in [-0.2, -0.15) is 0 Å². The van der Waals surface area contributed by atoms with Gasteiger partial charge in [-0.25, -0.2) is 4.98 Å². The lowest BCUT2D eigenvalue weighted by Crippen LogP contribution is -1.98. The second kappa shape index (κ2) is 5.74. The number of hydrogen-bond donors (Lipinski definition) is 1. The molecule has 18 heavy (non-hydrogen) atoms. The van der Waals surface area contributed by atoms with Crippen molar-refractivity contribution < 1.29 is 4.74 Å². The predicted octanol–water partition coefficient (Wildman–Crippen LogP) is 3.66. The molecule has 0 amide bonds. The van der Waals surface area contributed by atoms with Gasteiger partial charge in [0.15, 0.2) is 0 Å². The maximum absolute atomic E-state index is 6.09. The van der Waals surface area contributed by atoms with E-state index in [1.807, 2.05) is 44.3 Å². The first-order valence-electron chi connectivity index (χ1n) is 5.70. The molecule has 3 nitrogen and oxygen atoms in total. The molecule has 0 aliphatic rings. The van der Waals surface area contributed by atoms with Crippen LogP contribution in [0.5, 0.6) is 5.75 Å². The summed E-state index contributed by atoms with van der Waals surface area (Å²) >= 11 is 6.09. The van der Waals surface area contributed by atoms with Crippen LogP contribution in [-0.4, -0.2) is 12.0 Å². The molecule has 0 saturated carbocycles. The van der Waals surface area contributed by atoms with E-state index < -0.39 is 0 Å². The molecule has 0 aliphatic carbocycles. The molecule has 0 atom stereocenters.